The molecule has 0 fully saturated rings. The van der Waals surface area contributed by atoms with Crippen LogP contribution in [-0.4, -0.2) is 11.5 Å². The predicted molar refractivity (Wildman–Crippen MR) is 68.1 cm³/mol. The number of pyridine rings is 1. The molecule has 0 aliphatic rings. The van der Waals surface area contributed by atoms with E-state index >= 15 is 0 Å². The molecule has 0 radical (unpaired) electrons. The van der Waals surface area contributed by atoms with E-state index in [9.17, 15) is 0 Å². The maximum absolute atomic E-state index is 6.01. The summed E-state index contributed by atoms with van der Waals surface area (Å²) < 4.78 is 5.13. The molecule has 1 atom stereocenters. The Kier molecular flexibility index (Phi) is 4.18. The molecule has 1 unspecified atom stereocenters. The summed E-state index contributed by atoms with van der Waals surface area (Å²) in [5, 5.41) is 3.84. The number of hydrogen-bond donors (Lipinski definition) is 1. The Hall–Kier alpha value is -1.32. The molecule has 0 aromatic carbocycles. The van der Waals surface area contributed by atoms with Gasteiger partial charge in [-0.15, -0.1) is 0 Å². The molecule has 2 rings (SSSR count). The SMILES string of the molecule is CCNC(Cc1ccccn1)c1ccoc1Cl. The van der Waals surface area contributed by atoms with Crippen LogP contribution in [0.25, 0.3) is 0 Å². The van der Waals surface area contributed by atoms with Gasteiger partial charge in [-0.2, -0.15) is 0 Å². The molecule has 0 spiro atoms. The van der Waals surface area contributed by atoms with E-state index in [1.165, 1.54) is 0 Å². The van der Waals surface area contributed by atoms with Crippen molar-refractivity contribution >= 4 is 11.6 Å². The fraction of sp³-hybridized carbons (Fsp3) is 0.308. The number of hydrogen-bond acceptors (Lipinski definition) is 3. The Morgan fingerprint density at radius 3 is 2.88 bits per heavy atom. The van der Waals surface area contributed by atoms with Crippen molar-refractivity contribution in [2.24, 2.45) is 0 Å². The Balaban J connectivity index is 2.16. The van der Waals surface area contributed by atoms with Gasteiger partial charge in [0.25, 0.3) is 0 Å². The first-order chi connectivity index (χ1) is 8.31. The Morgan fingerprint density at radius 1 is 1.41 bits per heavy atom. The third-order valence-electron chi connectivity index (χ3n) is 2.61. The minimum Gasteiger partial charge on any atom is -0.453 e. The highest BCUT2D eigenvalue weighted by molar-refractivity contribution is 6.29. The van der Waals surface area contributed by atoms with Crippen LogP contribution in [0, 0.1) is 0 Å². The second-order valence-corrected chi connectivity index (χ2v) is 4.13. The van der Waals surface area contributed by atoms with E-state index in [0.717, 1.165) is 24.2 Å². The number of furan rings is 1. The zero-order valence-corrected chi connectivity index (χ0v) is 10.4. The van der Waals surface area contributed by atoms with Gasteiger partial charge < -0.3 is 9.73 Å². The topological polar surface area (TPSA) is 38.1 Å². The van der Waals surface area contributed by atoms with Gasteiger partial charge in [0.05, 0.1) is 6.26 Å². The first-order valence-electron chi connectivity index (χ1n) is 5.67. The van der Waals surface area contributed by atoms with Crippen LogP contribution in [0.3, 0.4) is 0 Å². The molecule has 0 saturated carbocycles. The van der Waals surface area contributed by atoms with Crippen LogP contribution in [0.4, 0.5) is 0 Å². The summed E-state index contributed by atoms with van der Waals surface area (Å²) in [6, 6.07) is 7.96. The highest BCUT2D eigenvalue weighted by Crippen LogP contribution is 2.26. The fourth-order valence-electron chi connectivity index (χ4n) is 1.82. The van der Waals surface area contributed by atoms with Crippen molar-refractivity contribution < 1.29 is 4.42 Å². The van der Waals surface area contributed by atoms with Crippen LogP contribution >= 0.6 is 11.6 Å². The zero-order valence-electron chi connectivity index (χ0n) is 9.69. The summed E-state index contributed by atoms with van der Waals surface area (Å²) >= 11 is 6.01. The van der Waals surface area contributed by atoms with E-state index in [1.807, 2.05) is 24.3 Å². The van der Waals surface area contributed by atoms with Crippen molar-refractivity contribution in [3.8, 4) is 0 Å². The van der Waals surface area contributed by atoms with Crippen molar-refractivity contribution in [1.29, 1.82) is 0 Å². The zero-order chi connectivity index (χ0) is 12.1. The standard InChI is InChI=1S/C13H15ClN2O/c1-2-15-12(11-6-8-17-13(11)14)9-10-5-3-4-7-16-10/h3-8,12,15H,2,9H2,1H3. The van der Waals surface area contributed by atoms with Crippen molar-refractivity contribution in [1.82, 2.24) is 10.3 Å². The molecule has 4 heteroatoms. The van der Waals surface area contributed by atoms with Gasteiger partial charge >= 0.3 is 0 Å². The highest BCUT2D eigenvalue weighted by atomic mass is 35.5. The van der Waals surface area contributed by atoms with Gasteiger partial charge in [0.1, 0.15) is 0 Å². The maximum atomic E-state index is 6.01. The average Bonchev–Trinajstić information content (AvgIpc) is 2.76. The lowest BCUT2D eigenvalue weighted by atomic mass is 10.0. The molecule has 2 aromatic rings. The third-order valence-corrected chi connectivity index (χ3v) is 2.92. The Morgan fingerprint density at radius 2 is 2.29 bits per heavy atom. The molecule has 17 heavy (non-hydrogen) atoms. The number of halogens is 1. The second-order valence-electron chi connectivity index (χ2n) is 3.79. The third kappa shape index (κ3) is 3.08. The van der Waals surface area contributed by atoms with Crippen LogP contribution in [-0.2, 0) is 6.42 Å². The average molecular weight is 251 g/mol. The minimum atomic E-state index is 0.140. The van der Waals surface area contributed by atoms with E-state index < -0.39 is 0 Å². The molecule has 1 N–H and O–H groups in total. The minimum absolute atomic E-state index is 0.140. The van der Waals surface area contributed by atoms with Gasteiger partial charge in [0, 0.05) is 29.9 Å². The molecular weight excluding hydrogens is 236 g/mol. The van der Waals surface area contributed by atoms with Crippen LogP contribution in [0.15, 0.2) is 41.1 Å². The normalized spacial score (nSPS) is 12.6. The van der Waals surface area contributed by atoms with Gasteiger partial charge in [0.2, 0.25) is 0 Å². The van der Waals surface area contributed by atoms with Crippen LogP contribution in [0.5, 0.6) is 0 Å². The summed E-state index contributed by atoms with van der Waals surface area (Å²) in [5.41, 5.74) is 2.02. The molecule has 3 nitrogen and oxygen atoms in total. The summed E-state index contributed by atoms with van der Waals surface area (Å²) in [7, 11) is 0. The van der Waals surface area contributed by atoms with Crippen molar-refractivity contribution in [2.45, 2.75) is 19.4 Å². The van der Waals surface area contributed by atoms with Gasteiger partial charge in [-0.05, 0) is 36.3 Å². The van der Waals surface area contributed by atoms with E-state index in [-0.39, 0.29) is 6.04 Å². The summed E-state index contributed by atoms with van der Waals surface area (Å²) in [6.07, 6.45) is 4.21. The Labute approximate surface area is 106 Å². The van der Waals surface area contributed by atoms with E-state index in [2.05, 4.69) is 17.2 Å². The molecule has 2 aromatic heterocycles. The smallest absolute Gasteiger partial charge is 0.197 e. The lowest BCUT2D eigenvalue weighted by Crippen LogP contribution is -2.23. The highest BCUT2D eigenvalue weighted by Gasteiger charge is 2.16. The second kappa shape index (κ2) is 5.84. The first-order valence-corrected chi connectivity index (χ1v) is 6.05. The van der Waals surface area contributed by atoms with Gasteiger partial charge in [-0.1, -0.05) is 13.0 Å². The van der Waals surface area contributed by atoms with Crippen LogP contribution < -0.4 is 5.32 Å². The van der Waals surface area contributed by atoms with Gasteiger partial charge in [0.15, 0.2) is 5.22 Å². The monoisotopic (exact) mass is 250 g/mol. The summed E-state index contributed by atoms with van der Waals surface area (Å²) in [4.78, 5) is 4.33. The molecule has 2 heterocycles. The lowest BCUT2D eigenvalue weighted by Gasteiger charge is -2.16. The van der Waals surface area contributed by atoms with Gasteiger partial charge in [-0.3, -0.25) is 4.98 Å². The summed E-state index contributed by atoms with van der Waals surface area (Å²) in [5.74, 6) is 0. The van der Waals surface area contributed by atoms with E-state index in [1.54, 1.807) is 12.5 Å². The number of nitrogens with zero attached hydrogens (tertiary/aromatic N) is 1. The molecule has 0 saturated heterocycles. The fourth-order valence-corrected chi connectivity index (χ4v) is 2.07. The maximum Gasteiger partial charge on any atom is 0.197 e. The number of nitrogens with one attached hydrogen (secondary N) is 1. The quantitative estimate of drug-likeness (QED) is 0.886. The van der Waals surface area contributed by atoms with E-state index in [4.69, 9.17) is 16.0 Å². The van der Waals surface area contributed by atoms with Crippen molar-refractivity contribution in [2.75, 3.05) is 6.54 Å². The molecule has 0 aliphatic heterocycles. The Bertz CT molecular complexity index is 455. The van der Waals surface area contributed by atoms with E-state index in [0.29, 0.717) is 5.22 Å². The first kappa shape index (κ1) is 12.1. The van der Waals surface area contributed by atoms with Crippen LogP contribution in [0.2, 0.25) is 5.22 Å². The number of rotatable bonds is 5. The largest absolute Gasteiger partial charge is 0.453 e. The van der Waals surface area contributed by atoms with Crippen molar-refractivity contribution in [3.05, 3.63) is 53.2 Å². The lowest BCUT2D eigenvalue weighted by molar-refractivity contribution is 0.523. The molecule has 90 valence electrons. The number of aromatic nitrogens is 1. The number of likely N-dealkylation sites (N-methyl/N-ethyl adjacent to an activating group) is 1. The van der Waals surface area contributed by atoms with Crippen LogP contribution in [0.1, 0.15) is 24.2 Å². The molecular formula is C13H15ClN2O. The molecule has 0 aliphatic carbocycles. The van der Waals surface area contributed by atoms with Crippen molar-refractivity contribution in [3.63, 3.8) is 0 Å². The van der Waals surface area contributed by atoms with Gasteiger partial charge in [-0.25, -0.2) is 0 Å². The molecule has 0 amide bonds. The predicted octanol–water partition coefficient (Wildman–Crippen LogP) is 3.22. The molecule has 0 bridgehead atoms. The summed E-state index contributed by atoms with van der Waals surface area (Å²) in [6.45, 7) is 2.94.